The number of alkyl halides is 3. The Balaban J connectivity index is 1.58. The molecule has 2 heterocycles. The van der Waals surface area contributed by atoms with E-state index in [2.05, 4.69) is 31.4 Å². The lowest BCUT2D eigenvalue weighted by Crippen LogP contribution is -2.20. The number of aromatic nitrogens is 4. The maximum atomic E-state index is 12.9. The third-order valence-corrected chi connectivity index (χ3v) is 4.77. The number of hydrogen-bond acceptors (Lipinski definition) is 4. The highest BCUT2D eigenvalue weighted by Crippen LogP contribution is 2.35. The molecular weight excluding hydrogens is 479 g/mol. The van der Waals surface area contributed by atoms with Crippen molar-refractivity contribution in [1.29, 1.82) is 0 Å². The Kier molecular flexibility index (Phi) is 6.18. The maximum absolute atomic E-state index is 12.9. The number of nitrogens with zero attached hydrogens (tertiary/aromatic N) is 4. The Morgan fingerprint density at radius 3 is 2.62 bits per heavy atom. The summed E-state index contributed by atoms with van der Waals surface area (Å²) in [6.45, 7) is 1.04. The van der Waals surface area contributed by atoms with Crippen LogP contribution >= 0.6 is 27.5 Å². The number of amides is 1. The van der Waals surface area contributed by atoms with Gasteiger partial charge in [-0.3, -0.25) is 9.48 Å². The maximum Gasteiger partial charge on any atom is 0.436 e. The fourth-order valence-electron chi connectivity index (χ4n) is 2.37. The van der Waals surface area contributed by atoms with Crippen molar-refractivity contribution in [3.63, 3.8) is 0 Å². The average Bonchev–Trinajstić information content (AvgIpc) is 3.20. The second kappa shape index (κ2) is 8.46. The molecule has 3 rings (SSSR count). The molecule has 0 spiro atoms. The van der Waals surface area contributed by atoms with E-state index in [9.17, 15) is 18.0 Å². The first-order chi connectivity index (χ1) is 13.6. The highest BCUT2D eigenvalue weighted by atomic mass is 79.9. The number of carbonyl (C=O) groups excluding carboxylic acids is 1. The van der Waals surface area contributed by atoms with E-state index < -0.39 is 29.3 Å². The van der Waals surface area contributed by atoms with Crippen molar-refractivity contribution >= 4 is 39.1 Å². The molecule has 0 fully saturated rings. The largest absolute Gasteiger partial charge is 0.471 e. The van der Waals surface area contributed by atoms with E-state index in [0.717, 1.165) is 9.15 Å². The van der Waals surface area contributed by atoms with Crippen molar-refractivity contribution in [2.75, 3.05) is 5.32 Å². The van der Waals surface area contributed by atoms with Crippen LogP contribution in [0.25, 0.3) is 0 Å². The number of benzene rings is 1. The van der Waals surface area contributed by atoms with E-state index in [1.54, 1.807) is 12.1 Å². The molecule has 154 valence electrons. The van der Waals surface area contributed by atoms with E-state index in [-0.39, 0.29) is 12.4 Å². The molecule has 2 aromatic heterocycles. The summed E-state index contributed by atoms with van der Waals surface area (Å²) in [4.78, 5) is 12.2. The molecule has 0 saturated heterocycles. The van der Waals surface area contributed by atoms with Gasteiger partial charge in [0.2, 0.25) is 5.91 Å². The van der Waals surface area contributed by atoms with Crippen LogP contribution in [0.15, 0.2) is 41.1 Å². The Morgan fingerprint density at radius 1 is 1.31 bits per heavy atom. The van der Waals surface area contributed by atoms with Gasteiger partial charge in [0.1, 0.15) is 12.3 Å². The number of anilines is 1. The molecule has 12 heteroatoms. The number of hydrogen-bond donors (Lipinski definition) is 1. The van der Waals surface area contributed by atoms with Gasteiger partial charge in [0.05, 0.1) is 28.8 Å². The Bertz CT molecular complexity index is 1020. The van der Waals surface area contributed by atoms with E-state index in [1.165, 1.54) is 24.0 Å². The number of carbonyl (C=O) groups is 1. The summed E-state index contributed by atoms with van der Waals surface area (Å²) in [5, 5.41) is 9.46. The monoisotopic (exact) mass is 491 g/mol. The molecule has 0 unspecified atom stereocenters. The first-order valence-electron chi connectivity index (χ1n) is 8.14. The SMILES string of the molecule is Cc1c(Cl)c(C(F)(F)F)nn1CC(=O)Nc1cnn(COc2ccc(Br)cc2)c1. The molecule has 7 nitrogen and oxygen atoms in total. The van der Waals surface area contributed by atoms with E-state index >= 15 is 0 Å². The van der Waals surface area contributed by atoms with Gasteiger partial charge in [-0.1, -0.05) is 27.5 Å². The van der Waals surface area contributed by atoms with Crippen LogP contribution in [0.4, 0.5) is 18.9 Å². The number of halogens is 5. The Hall–Kier alpha value is -2.53. The highest BCUT2D eigenvalue weighted by Gasteiger charge is 2.38. The number of nitrogens with one attached hydrogen (secondary N) is 1. The molecule has 0 aliphatic carbocycles. The summed E-state index contributed by atoms with van der Waals surface area (Å²) in [6, 6.07) is 7.22. The molecule has 0 bridgehead atoms. The van der Waals surface area contributed by atoms with Crippen molar-refractivity contribution in [2.45, 2.75) is 26.4 Å². The minimum absolute atomic E-state index is 0.0488. The molecule has 0 atom stereocenters. The summed E-state index contributed by atoms with van der Waals surface area (Å²) in [5.74, 6) is 0.0650. The van der Waals surface area contributed by atoms with E-state index in [1.807, 2.05) is 12.1 Å². The van der Waals surface area contributed by atoms with Gasteiger partial charge >= 0.3 is 6.18 Å². The standard InChI is InChI=1S/C17H14BrClF3N5O2/c1-10-15(19)16(17(20,21)22)25-27(10)8-14(28)24-12-6-23-26(7-12)9-29-13-4-2-11(18)3-5-13/h2-7H,8-9H2,1H3,(H,24,28). The van der Waals surface area contributed by atoms with Crippen LogP contribution < -0.4 is 10.1 Å². The Labute approximate surface area is 176 Å². The summed E-state index contributed by atoms with van der Waals surface area (Å²) < 4.78 is 47.4. The third-order valence-electron chi connectivity index (χ3n) is 3.79. The predicted molar refractivity (Wildman–Crippen MR) is 103 cm³/mol. The molecule has 1 N–H and O–H groups in total. The Morgan fingerprint density at radius 2 is 2.00 bits per heavy atom. The fourth-order valence-corrected chi connectivity index (χ4v) is 2.87. The van der Waals surface area contributed by atoms with Gasteiger partial charge in [-0.25, -0.2) is 4.68 Å². The van der Waals surface area contributed by atoms with Crippen molar-refractivity contribution in [2.24, 2.45) is 0 Å². The zero-order valence-corrected chi connectivity index (χ0v) is 17.2. The van der Waals surface area contributed by atoms with Gasteiger partial charge in [0.25, 0.3) is 0 Å². The fraction of sp³-hybridized carbons (Fsp3) is 0.235. The van der Waals surface area contributed by atoms with E-state index in [4.69, 9.17) is 16.3 Å². The lowest BCUT2D eigenvalue weighted by Gasteiger charge is -2.06. The van der Waals surface area contributed by atoms with Crippen LogP contribution in [0.2, 0.25) is 5.02 Å². The number of ether oxygens (including phenoxy) is 1. The van der Waals surface area contributed by atoms with Crippen molar-refractivity contribution in [3.8, 4) is 5.75 Å². The minimum atomic E-state index is -4.69. The first kappa shape index (κ1) is 21.2. The topological polar surface area (TPSA) is 74.0 Å². The molecule has 0 saturated carbocycles. The normalized spacial score (nSPS) is 11.5. The summed E-state index contributed by atoms with van der Waals surface area (Å²) in [7, 11) is 0. The van der Waals surface area contributed by atoms with Gasteiger partial charge in [-0.15, -0.1) is 0 Å². The van der Waals surface area contributed by atoms with Crippen molar-refractivity contribution < 1.29 is 22.7 Å². The predicted octanol–water partition coefficient (Wildman–Crippen LogP) is 4.50. The second-order valence-corrected chi connectivity index (χ2v) is 7.24. The van der Waals surface area contributed by atoms with Gasteiger partial charge < -0.3 is 10.1 Å². The second-order valence-electron chi connectivity index (χ2n) is 5.95. The lowest BCUT2D eigenvalue weighted by atomic mass is 10.3. The third kappa shape index (κ3) is 5.30. The van der Waals surface area contributed by atoms with Gasteiger partial charge in [-0.2, -0.15) is 23.4 Å². The number of rotatable bonds is 6. The van der Waals surface area contributed by atoms with Crippen LogP contribution in [-0.4, -0.2) is 25.5 Å². The zero-order valence-electron chi connectivity index (χ0n) is 14.9. The quantitative estimate of drug-likeness (QED) is 0.550. The summed E-state index contributed by atoms with van der Waals surface area (Å²) in [6.07, 6.45) is -1.77. The molecule has 0 radical (unpaired) electrons. The summed E-state index contributed by atoms with van der Waals surface area (Å²) in [5.41, 5.74) is -0.809. The minimum Gasteiger partial charge on any atom is -0.471 e. The zero-order chi connectivity index (χ0) is 21.2. The van der Waals surface area contributed by atoms with Gasteiger partial charge in [-0.05, 0) is 31.2 Å². The van der Waals surface area contributed by atoms with Crippen LogP contribution in [0.1, 0.15) is 11.4 Å². The van der Waals surface area contributed by atoms with Crippen LogP contribution in [0, 0.1) is 6.92 Å². The molecule has 29 heavy (non-hydrogen) atoms. The molecule has 1 amide bonds. The van der Waals surface area contributed by atoms with Crippen molar-refractivity contribution in [3.05, 3.63) is 57.5 Å². The molecular formula is C17H14BrClF3N5O2. The van der Waals surface area contributed by atoms with Crippen molar-refractivity contribution in [1.82, 2.24) is 19.6 Å². The first-order valence-corrected chi connectivity index (χ1v) is 9.31. The molecule has 0 aliphatic heterocycles. The smallest absolute Gasteiger partial charge is 0.436 e. The average molecular weight is 493 g/mol. The van der Waals surface area contributed by atoms with Crippen LogP contribution in [-0.2, 0) is 24.2 Å². The molecule has 1 aromatic carbocycles. The van der Waals surface area contributed by atoms with Crippen LogP contribution in [0.5, 0.6) is 5.75 Å². The molecule has 3 aromatic rings. The lowest BCUT2D eigenvalue weighted by molar-refractivity contribution is -0.141. The highest BCUT2D eigenvalue weighted by molar-refractivity contribution is 9.10. The van der Waals surface area contributed by atoms with Gasteiger partial charge in [0, 0.05) is 4.47 Å². The van der Waals surface area contributed by atoms with E-state index in [0.29, 0.717) is 11.4 Å². The van der Waals surface area contributed by atoms with Gasteiger partial charge in [0.15, 0.2) is 12.4 Å². The molecule has 0 aliphatic rings. The van der Waals surface area contributed by atoms with Crippen LogP contribution in [0.3, 0.4) is 0 Å². The summed E-state index contributed by atoms with van der Waals surface area (Å²) >= 11 is 9.00.